The van der Waals surface area contributed by atoms with Crippen molar-refractivity contribution in [3.05, 3.63) is 35.9 Å². The molecule has 0 aromatic heterocycles. The van der Waals surface area contributed by atoms with Gasteiger partial charge in [-0.2, -0.15) is 0 Å². The first kappa shape index (κ1) is 15.5. The van der Waals surface area contributed by atoms with Crippen LogP contribution in [0.3, 0.4) is 0 Å². The summed E-state index contributed by atoms with van der Waals surface area (Å²) < 4.78 is 0. The van der Waals surface area contributed by atoms with Gasteiger partial charge < -0.3 is 10.4 Å². The third kappa shape index (κ3) is 4.29. The zero-order valence-corrected chi connectivity index (χ0v) is 12.3. The van der Waals surface area contributed by atoms with Gasteiger partial charge in [-0.3, -0.25) is 14.5 Å². The minimum Gasteiger partial charge on any atom is -0.480 e. The van der Waals surface area contributed by atoms with Crippen LogP contribution >= 0.6 is 0 Å². The van der Waals surface area contributed by atoms with Crippen molar-refractivity contribution in [2.45, 2.75) is 25.8 Å². The lowest BCUT2D eigenvalue weighted by molar-refractivity contribution is -0.139. The number of carbonyl (C=O) groups is 2. The van der Waals surface area contributed by atoms with E-state index in [9.17, 15) is 9.59 Å². The van der Waals surface area contributed by atoms with Crippen LogP contribution in [0.5, 0.6) is 0 Å². The molecule has 2 N–H and O–H groups in total. The third-order valence-corrected chi connectivity index (χ3v) is 3.96. The lowest BCUT2D eigenvalue weighted by Crippen LogP contribution is -2.45. The molecular formula is C16H22N2O3. The molecule has 1 heterocycles. The normalized spacial score (nSPS) is 18.1. The minimum absolute atomic E-state index is 0.238. The van der Waals surface area contributed by atoms with E-state index < -0.39 is 12.0 Å². The largest absolute Gasteiger partial charge is 0.480 e. The molecule has 21 heavy (non-hydrogen) atoms. The van der Waals surface area contributed by atoms with Crippen LogP contribution in [0.25, 0.3) is 0 Å². The number of rotatable bonds is 5. The number of nitrogens with one attached hydrogen (secondary N) is 1. The summed E-state index contributed by atoms with van der Waals surface area (Å²) in [5.74, 6) is -0.583. The Balaban J connectivity index is 2.14. The monoisotopic (exact) mass is 290 g/mol. The number of aliphatic carboxylic acids is 1. The molecule has 1 unspecified atom stereocenters. The maximum atomic E-state index is 12.4. The van der Waals surface area contributed by atoms with Crippen LogP contribution in [-0.4, -0.2) is 41.5 Å². The van der Waals surface area contributed by atoms with Crippen LogP contribution in [0.4, 0.5) is 0 Å². The summed E-state index contributed by atoms with van der Waals surface area (Å²) in [5, 5.41) is 11.2. The van der Waals surface area contributed by atoms with Crippen molar-refractivity contribution < 1.29 is 14.7 Å². The van der Waals surface area contributed by atoms with E-state index in [2.05, 4.69) is 17.1 Å². The second-order valence-electron chi connectivity index (χ2n) is 5.64. The summed E-state index contributed by atoms with van der Waals surface area (Å²) in [6.07, 6.45) is 2.13. The molecule has 0 saturated carbocycles. The first-order valence-electron chi connectivity index (χ1n) is 7.36. The molecule has 1 saturated heterocycles. The molecule has 1 atom stereocenters. The summed E-state index contributed by atoms with van der Waals surface area (Å²) in [5.41, 5.74) is 0.912. The summed E-state index contributed by atoms with van der Waals surface area (Å²) in [6, 6.07) is 9.15. The van der Waals surface area contributed by atoms with Gasteiger partial charge in [-0.25, -0.2) is 0 Å². The molecule has 1 amide bonds. The number of hydrogen-bond donors (Lipinski definition) is 2. The van der Waals surface area contributed by atoms with Crippen LogP contribution in [0.1, 0.15) is 31.4 Å². The van der Waals surface area contributed by atoms with Gasteiger partial charge in [-0.05, 0) is 37.4 Å². The molecule has 114 valence electrons. The van der Waals surface area contributed by atoms with Crippen LogP contribution < -0.4 is 5.32 Å². The topological polar surface area (TPSA) is 69.6 Å². The fourth-order valence-corrected chi connectivity index (χ4v) is 2.71. The maximum Gasteiger partial charge on any atom is 0.322 e. The van der Waals surface area contributed by atoms with E-state index in [-0.39, 0.29) is 12.5 Å². The number of benzene rings is 1. The Morgan fingerprint density at radius 1 is 1.29 bits per heavy atom. The molecule has 5 heteroatoms. The van der Waals surface area contributed by atoms with Crippen molar-refractivity contribution in [2.75, 3.05) is 19.6 Å². The average molecular weight is 290 g/mol. The molecule has 0 bridgehead atoms. The van der Waals surface area contributed by atoms with E-state index in [0.29, 0.717) is 5.92 Å². The summed E-state index contributed by atoms with van der Waals surface area (Å²) in [4.78, 5) is 25.2. The van der Waals surface area contributed by atoms with Crippen LogP contribution in [-0.2, 0) is 9.59 Å². The zero-order valence-electron chi connectivity index (χ0n) is 12.3. The average Bonchev–Trinajstić information content (AvgIpc) is 2.48. The molecule has 1 aliphatic heterocycles. The maximum absolute atomic E-state index is 12.4. The van der Waals surface area contributed by atoms with E-state index in [1.807, 2.05) is 30.3 Å². The Hall–Kier alpha value is -1.88. The van der Waals surface area contributed by atoms with Crippen molar-refractivity contribution >= 4 is 11.9 Å². The Bertz CT molecular complexity index is 482. The smallest absolute Gasteiger partial charge is 0.322 e. The molecule has 1 aliphatic rings. The van der Waals surface area contributed by atoms with Crippen molar-refractivity contribution in [3.63, 3.8) is 0 Å². The number of amides is 1. The molecule has 5 nitrogen and oxygen atoms in total. The van der Waals surface area contributed by atoms with Crippen molar-refractivity contribution in [1.29, 1.82) is 0 Å². The fraction of sp³-hybridized carbons (Fsp3) is 0.500. The Labute approximate surface area is 125 Å². The van der Waals surface area contributed by atoms with Crippen molar-refractivity contribution in [2.24, 2.45) is 5.92 Å². The highest BCUT2D eigenvalue weighted by molar-refractivity contribution is 5.86. The van der Waals surface area contributed by atoms with Gasteiger partial charge in [0.15, 0.2) is 0 Å². The number of piperidine rings is 1. The number of carboxylic acids is 1. The zero-order chi connectivity index (χ0) is 15.2. The van der Waals surface area contributed by atoms with E-state index in [4.69, 9.17) is 5.11 Å². The number of likely N-dealkylation sites (tertiary alicyclic amines) is 1. The number of nitrogens with zero attached hydrogens (tertiary/aromatic N) is 1. The molecular weight excluding hydrogens is 268 g/mol. The molecule has 0 aliphatic carbocycles. The van der Waals surface area contributed by atoms with E-state index in [0.717, 1.165) is 31.5 Å². The fourth-order valence-electron chi connectivity index (χ4n) is 2.71. The highest BCUT2D eigenvalue weighted by atomic mass is 16.4. The lowest BCUT2D eigenvalue weighted by atomic mass is 9.95. The number of hydrogen-bond acceptors (Lipinski definition) is 3. The van der Waals surface area contributed by atoms with Gasteiger partial charge in [-0.15, -0.1) is 0 Å². The predicted octanol–water partition coefficient (Wildman–Crippen LogP) is 1.66. The molecule has 2 rings (SSSR count). The van der Waals surface area contributed by atoms with Gasteiger partial charge in [0.2, 0.25) is 5.91 Å². The highest BCUT2D eigenvalue weighted by Crippen LogP contribution is 2.26. The summed E-state index contributed by atoms with van der Waals surface area (Å²) >= 11 is 0. The Kier molecular flexibility index (Phi) is 5.33. The van der Waals surface area contributed by atoms with Crippen LogP contribution in [0.2, 0.25) is 0 Å². The van der Waals surface area contributed by atoms with Gasteiger partial charge in [0.1, 0.15) is 12.6 Å². The standard InChI is InChI=1S/C16H22N2O3/c1-12-7-9-18(10-8-12)15(13-5-3-2-4-6-13)16(21)17-11-14(19)20/h2-6,12,15H,7-11H2,1H3,(H,17,21)(H,19,20). The molecule has 1 aromatic carbocycles. The first-order valence-corrected chi connectivity index (χ1v) is 7.36. The molecule has 0 spiro atoms. The van der Waals surface area contributed by atoms with Gasteiger partial charge in [0, 0.05) is 0 Å². The second kappa shape index (κ2) is 7.22. The van der Waals surface area contributed by atoms with Gasteiger partial charge in [0.05, 0.1) is 0 Å². The highest BCUT2D eigenvalue weighted by Gasteiger charge is 2.30. The minimum atomic E-state index is -1.03. The van der Waals surface area contributed by atoms with E-state index in [1.165, 1.54) is 0 Å². The van der Waals surface area contributed by atoms with Crippen LogP contribution in [0, 0.1) is 5.92 Å². The van der Waals surface area contributed by atoms with Crippen LogP contribution in [0.15, 0.2) is 30.3 Å². The first-order chi connectivity index (χ1) is 10.1. The number of carbonyl (C=O) groups excluding carboxylic acids is 1. The van der Waals surface area contributed by atoms with Crippen molar-refractivity contribution in [3.8, 4) is 0 Å². The quantitative estimate of drug-likeness (QED) is 0.865. The van der Waals surface area contributed by atoms with Gasteiger partial charge in [-0.1, -0.05) is 37.3 Å². The molecule has 0 radical (unpaired) electrons. The number of carboxylic acid groups (broad SMARTS) is 1. The Morgan fingerprint density at radius 3 is 2.48 bits per heavy atom. The molecule has 1 aromatic rings. The predicted molar refractivity (Wildman–Crippen MR) is 79.8 cm³/mol. The lowest BCUT2D eigenvalue weighted by Gasteiger charge is -2.36. The van der Waals surface area contributed by atoms with E-state index >= 15 is 0 Å². The SMILES string of the molecule is CC1CCN(C(C(=O)NCC(=O)O)c2ccccc2)CC1. The second-order valence-corrected chi connectivity index (χ2v) is 5.64. The van der Waals surface area contributed by atoms with Gasteiger partial charge in [0.25, 0.3) is 0 Å². The summed E-state index contributed by atoms with van der Waals surface area (Å²) in [6.45, 7) is 3.61. The molecule has 1 fully saturated rings. The summed E-state index contributed by atoms with van der Waals surface area (Å²) in [7, 11) is 0. The van der Waals surface area contributed by atoms with Gasteiger partial charge >= 0.3 is 5.97 Å². The third-order valence-electron chi connectivity index (χ3n) is 3.96. The van der Waals surface area contributed by atoms with Crippen molar-refractivity contribution in [1.82, 2.24) is 10.2 Å². The van der Waals surface area contributed by atoms with E-state index in [1.54, 1.807) is 0 Å². The Morgan fingerprint density at radius 2 is 1.90 bits per heavy atom.